The molecule has 3 atom stereocenters. The average Bonchev–Trinajstić information content (AvgIpc) is 2.90. The Morgan fingerprint density at radius 3 is 2.39 bits per heavy atom. The first-order valence-electron chi connectivity index (χ1n) is 8.94. The van der Waals surface area contributed by atoms with Gasteiger partial charge in [0.05, 0.1) is 11.5 Å². The van der Waals surface area contributed by atoms with Crippen LogP contribution in [0.15, 0.2) is 0 Å². The lowest BCUT2D eigenvalue weighted by Gasteiger charge is -2.40. The highest BCUT2D eigenvalue weighted by Crippen LogP contribution is 2.24. The molecule has 23 heavy (non-hydrogen) atoms. The fraction of sp³-hybridized carbons (Fsp3) is 0.938. The van der Waals surface area contributed by atoms with Crippen molar-refractivity contribution >= 4 is 27.2 Å². The summed E-state index contributed by atoms with van der Waals surface area (Å²) in [5, 5.41) is 4.47. The van der Waals surface area contributed by atoms with E-state index in [9.17, 15) is 8.42 Å². The number of piperazine rings is 1. The number of thiocarbonyl (C=S) groups is 1. The van der Waals surface area contributed by atoms with E-state index in [2.05, 4.69) is 22.0 Å². The van der Waals surface area contributed by atoms with Crippen molar-refractivity contribution in [3.05, 3.63) is 0 Å². The van der Waals surface area contributed by atoms with Crippen LogP contribution >= 0.6 is 12.2 Å². The van der Waals surface area contributed by atoms with Crippen molar-refractivity contribution in [1.29, 1.82) is 0 Å². The minimum atomic E-state index is -2.79. The van der Waals surface area contributed by atoms with E-state index < -0.39 is 9.84 Å². The van der Waals surface area contributed by atoms with E-state index in [0.29, 0.717) is 23.5 Å². The fourth-order valence-corrected chi connectivity index (χ4v) is 6.23. The molecule has 0 radical (unpaired) electrons. The number of nitrogens with one attached hydrogen (secondary N) is 1. The molecular formula is C16H29N3O2S2. The molecule has 3 rings (SSSR count). The van der Waals surface area contributed by atoms with Gasteiger partial charge in [0.2, 0.25) is 0 Å². The summed E-state index contributed by atoms with van der Waals surface area (Å²) in [6.45, 7) is 5.97. The Morgan fingerprint density at radius 1 is 1.09 bits per heavy atom. The van der Waals surface area contributed by atoms with Crippen molar-refractivity contribution in [3.63, 3.8) is 0 Å². The summed E-state index contributed by atoms with van der Waals surface area (Å²) in [4.78, 5) is 4.60. The molecule has 0 unspecified atom stereocenters. The Kier molecular flexibility index (Phi) is 5.48. The molecule has 1 N–H and O–H groups in total. The molecule has 0 spiro atoms. The van der Waals surface area contributed by atoms with Crippen molar-refractivity contribution < 1.29 is 8.42 Å². The molecular weight excluding hydrogens is 330 g/mol. The van der Waals surface area contributed by atoms with E-state index in [1.807, 2.05) is 0 Å². The van der Waals surface area contributed by atoms with Crippen LogP contribution in [0.4, 0.5) is 0 Å². The van der Waals surface area contributed by atoms with E-state index >= 15 is 0 Å². The van der Waals surface area contributed by atoms with Gasteiger partial charge in [0.25, 0.3) is 0 Å². The molecule has 0 aromatic rings. The third kappa shape index (κ3) is 4.37. The molecule has 2 aliphatic heterocycles. The molecule has 0 bridgehead atoms. The maximum Gasteiger partial charge on any atom is 0.169 e. The first kappa shape index (κ1) is 17.4. The van der Waals surface area contributed by atoms with Gasteiger partial charge in [-0.15, -0.1) is 0 Å². The second-order valence-corrected chi connectivity index (χ2v) is 10.0. The zero-order chi connectivity index (χ0) is 16.4. The predicted molar refractivity (Wildman–Crippen MR) is 97.4 cm³/mol. The molecule has 1 saturated carbocycles. The zero-order valence-electron chi connectivity index (χ0n) is 14.0. The van der Waals surface area contributed by atoms with Crippen molar-refractivity contribution in [2.75, 3.05) is 37.7 Å². The lowest BCUT2D eigenvalue weighted by atomic mass is 9.86. The monoisotopic (exact) mass is 359 g/mol. The smallest absolute Gasteiger partial charge is 0.169 e. The molecule has 0 aromatic heterocycles. The number of hydrogen-bond acceptors (Lipinski definition) is 4. The first-order valence-corrected chi connectivity index (χ1v) is 11.2. The van der Waals surface area contributed by atoms with Crippen LogP contribution in [0, 0.1) is 5.92 Å². The highest BCUT2D eigenvalue weighted by Gasteiger charge is 2.34. The lowest BCUT2D eigenvalue weighted by molar-refractivity contribution is 0.141. The first-order chi connectivity index (χ1) is 10.9. The van der Waals surface area contributed by atoms with E-state index in [1.165, 1.54) is 25.7 Å². The summed E-state index contributed by atoms with van der Waals surface area (Å²) < 4.78 is 23.3. The molecule has 0 amide bonds. The number of sulfone groups is 1. The highest BCUT2D eigenvalue weighted by molar-refractivity contribution is 7.91. The molecule has 7 heteroatoms. The molecule has 3 fully saturated rings. The minimum absolute atomic E-state index is 0.224. The van der Waals surface area contributed by atoms with E-state index in [0.717, 1.165) is 37.7 Å². The van der Waals surface area contributed by atoms with Crippen LogP contribution < -0.4 is 5.32 Å². The number of nitrogens with zero attached hydrogens (tertiary/aromatic N) is 2. The summed E-state index contributed by atoms with van der Waals surface area (Å²) in [5.74, 6) is 1.40. The van der Waals surface area contributed by atoms with E-state index in [-0.39, 0.29) is 6.04 Å². The largest absolute Gasteiger partial charge is 0.360 e. The zero-order valence-corrected chi connectivity index (χ0v) is 15.7. The van der Waals surface area contributed by atoms with E-state index in [4.69, 9.17) is 12.2 Å². The van der Waals surface area contributed by atoms with Gasteiger partial charge in [-0.3, -0.25) is 4.90 Å². The summed E-state index contributed by atoms with van der Waals surface area (Å²) in [6.07, 6.45) is 5.96. The number of rotatable bonds is 2. The van der Waals surface area contributed by atoms with Gasteiger partial charge in [0, 0.05) is 38.3 Å². The maximum atomic E-state index is 11.6. The van der Waals surface area contributed by atoms with Crippen LogP contribution in [0.2, 0.25) is 0 Å². The second kappa shape index (κ2) is 7.23. The minimum Gasteiger partial charge on any atom is -0.360 e. The lowest BCUT2D eigenvalue weighted by Crippen LogP contribution is -2.56. The molecule has 132 valence electrons. The molecule has 1 aliphatic carbocycles. The third-order valence-electron chi connectivity index (χ3n) is 5.75. The van der Waals surface area contributed by atoms with E-state index in [1.54, 1.807) is 0 Å². The van der Waals surface area contributed by atoms with Crippen LogP contribution in [0.5, 0.6) is 0 Å². The second-order valence-electron chi connectivity index (χ2n) is 7.40. The SMILES string of the molecule is C[C@H]1CCCC[C@@H]1NC(=S)N1CCN([C@@H]2CCS(=O)(=O)C2)CC1. The topological polar surface area (TPSA) is 52.6 Å². The van der Waals surface area contributed by atoms with Crippen molar-refractivity contribution in [3.8, 4) is 0 Å². The van der Waals surface area contributed by atoms with Crippen molar-refractivity contribution in [2.24, 2.45) is 5.92 Å². The van der Waals surface area contributed by atoms with Gasteiger partial charge in [-0.2, -0.15) is 0 Å². The molecule has 5 nitrogen and oxygen atoms in total. The molecule has 3 aliphatic rings. The number of hydrogen-bond donors (Lipinski definition) is 1. The summed E-state index contributed by atoms with van der Waals surface area (Å²) >= 11 is 5.62. The van der Waals surface area contributed by atoms with Gasteiger partial charge in [-0.1, -0.05) is 19.8 Å². The van der Waals surface area contributed by atoms with Crippen LogP contribution in [0.3, 0.4) is 0 Å². The standard InChI is InChI=1S/C16H29N3O2S2/c1-13-4-2-3-5-15(13)17-16(22)19-9-7-18(8-10-19)14-6-11-23(20,21)12-14/h13-15H,2-12H2,1H3,(H,17,22)/t13-,14+,15-/m0/s1. The van der Waals surface area contributed by atoms with Gasteiger partial charge in [-0.05, 0) is 37.4 Å². The third-order valence-corrected chi connectivity index (χ3v) is 7.87. The molecule has 2 saturated heterocycles. The Morgan fingerprint density at radius 2 is 1.78 bits per heavy atom. The van der Waals surface area contributed by atoms with Crippen molar-refractivity contribution in [1.82, 2.24) is 15.1 Å². The Balaban J connectivity index is 1.46. The van der Waals surface area contributed by atoms with Gasteiger partial charge in [0.1, 0.15) is 0 Å². The summed E-state index contributed by atoms with van der Waals surface area (Å²) in [7, 11) is -2.79. The fourth-order valence-electron chi connectivity index (χ4n) is 4.13. The average molecular weight is 360 g/mol. The summed E-state index contributed by atoms with van der Waals surface area (Å²) in [5.41, 5.74) is 0. The Labute approximate surface area is 145 Å². The molecule has 0 aromatic carbocycles. The Hall–Kier alpha value is -0.400. The molecule has 2 heterocycles. The van der Waals surface area contributed by atoms with Crippen LogP contribution in [0.1, 0.15) is 39.0 Å². The predicted octanol–water partition coefficient (Wildman–Crippen LogP) is 1.24. The van der Waals surface area contributed by atoms with Crippen LogP contribution in [-0.4, -0.2) is 73.1 Å². The van der Waals surface area contributed by atoms with Crippen LogP contribution in [-0.2, 0) is 9.84 Å². The van der Waals surface area contributed by atoms with Gasteiger partial charge in [0.15, 0.2) is 14.9 Å². The summed E-state index contributed by atoms with van der Waals surface area (Å²) in [6, 6.07) is 0.747. The highest BCUT2D eigenvalue weighted by atomic mass is 32.2. The van der Waals surface area contributed by atoms with Crippen molar-refractivity contribution in [2.45, 2.75) is 51.1 Å². The normalized spacial score (nSPS) is 35.2. The van der Waals surface area contributed by atoms with Gasteiger partial charge in [-0.25, -0.2) is 8.42 Å². The Bertz CT molecular complexity index is 529. The van der Waals surface area contributed by atoms with Gasteiger partial charge >= 0.3 is 0 Å². The van der Waals surface area contributed by atoms with Gasteiger partial charge < -0.3 is 10.2 Å². The quantitative estimate of drug-likeness (QED) is 0.749. The van der Waals surface area contributed by atoms with Crippen LogP contribution in [0.25, 0.3) is 0 Å². The maximum absolute atomic E-state index is 11.6.